The number of anilines is 2. The number of carbonyl (C=O) groups excluding carboxylic acids is 1. The number of halogens is 2. The minimum atomic E-state index is -3.72. The summed E-state index contributed by atoms with van der Waals surface area (Å²) in [6.45, 7) is -0.435. The van der Waals surface area contributed by atoms with Gasteiger partial charge >= 0.3 is 0 Å². The van der Waals surface area contributed by atoms with Crippen molar-refractivity contribution in [3.05, 3.63) is 76.2 Å². The number of nitrogens with one attached hydrogen (secondary N) is 1. The average Bonchev–Trinajstić information content (AvgIpc) is 2.73. The minimum absolute atomic E-state index is 0.288. The van der Waals surface area contributed by atoms with Crippen LogP contribution in [0.2, 0.25) is 5.02 Å². The molecule has 0 spiro atoms. The van der Waals surface area contributed by atoms with E-state index in [0.717, 1.165) is 10.6 Å². The van der Waals surface area contributed by atoms with Crippen LogP contribution in [0.3, 0.4) is 0 Å². The van der Waals surface area contributed by atoms with Crippen molar-refractivity contribution in [2.45, 2.75) is 0 Å². The number of benzene rings is 3. The summed E-state index contributed by atoms with van der Waals surface area (Å²) >= 11 is 9.42. The van der Waals surface area contributed by atoms with Crippen molar-refractivity contribution >= 4 is 54.8 Å². The molecule has 0 atom stereocenters. The average molecular weight is 540 g/mol. The van der Waals surface area contributed by atoms with E-state index in [-0.39, 0.29) is 5.69 Å². The highest BCUT2D eigenvalue weighted by Gasteiger charge is 2.22. The van der Waals surface area contributed by atoms with E-state index in [2.05, 4.69) is 21.2 Å². The lowest BCUT2D eigenvalue weighted by Crippen LogP contribution is -2.37. The van der Waals surface area contributed by atoms with Crippen molar-refractivity contribution in [3.8, 4) is 17.2 Å². The Morgan fingerprint density at radius 1 is 1.03 bits per heavy atom. The molecule has 168 valence electrons. The van der Waals surface area contributed by atoms with Crippen LogP contribution in [0.15, 0.2) is 71.2 Å². The molecule has 7 nitrogen and oxygen atoms in total. The summed E-state index contributed by atoms with van der Waals surface area (Å²) in [5.41, 5.74) is 0.643. The Balaban J connectivity index is 1.86. The van der Waals surface area contributed by atoms with Gasteiger partial charge in [0.15, 0.2) is 17.2 Å². The second kappa shape index (κ2) is 10.2. The van der Waals surface area contributed by atoms with Crippen LogP contribution in [-0.4, -0.2) is 34.2 Å². The van der Waals surface area contributed by atoms with Crippen molar-refractivity contribution in [2.24, 2.45) is 0 Å². The highest BCUT2D eigenvalue weighted by molar-refractivity contribution is 9.10. The number of amides is 1. The van der Waals surface area contributed by atoms with E-state index in [1.807, 2.05) is 0 Å². The fraction of sp³-hybridized carbons (Fsp3) is 0.136. The van der Waals surface area contributed by atoms with Crippen molar-refractivity contribution in [1.29, 1.82) is 0 Å². The highest BCUT2D eigenvalue weighted by atomic mass is 79.9. The predicted octanol–water partition coefficient (Wildman–Crippen LogP) is 5.31. The first kappa shape index (κ1) is 23.9. The molecule has 0 heterocycles. The first-order valence-corrected chi connectivity index (χ1v) is 12.3. The topological polar surface area (TPSA) is 84.9 Å². The molecular weight excluding hydrogens is 520 g/mol. The first-order valence-electron chi connectivity index (χ1n) is 9.31. The van der Waals surface area contributed by atoms with Gasteiger partial charge in [-0.05, 0) is 48.5 Å². The fourth-order valence-electron chi connectivity index (χ4n) is 2.86. The minimum Gasteiger partial charge on any atom is -0.493 e. The van der Waals surface area contributed by atoms with Crippen LogP contribution >= 0.6 is 27.5 Å². The summed E-state index contributed by atoms with van der Waals surface area (Å²) in [4.78, 5) is 12.8. The number of ether oxygens (including phenoxy) is 2. The number of rotatable bonds is 8. The molecule has 0 unspecified atom stereocenters. The van der Waals surface area contributed by atoms with Gasteiger partial charge in [-0.15, -0.1) is 0 Å². The van der Waals surface area contributed by atoms with Crippen LogP contribution < -0.4 is 19.1 Å². The molecule has 1 N–H and O–H groups in total. The molecule has 10 heteroatoms. The monoisotopic (exact) mass is 538 g/mol. The molecule has 0 saturated heterocycles. The van der Waals surface area contributed by atoms with Crippen molar-refractivity contribution < 1.29 is 22.7 Å². The zero-order chi connectivity index (χ0) is 23.3. The van der Waals surface area contributed by atoms with Crippen molar-refractivity contribution in [3.63, 3.8) is 0 Å². The second-order valence-corrected chi connectivity index (χ2v) is 9.95. The summed E-state index contributed by atoms with van der Waals surface area (Å²) in [6, 6.07) is 18.5. The summed E-state index contributed by atoms with van der Waals surface area (Å²) in [6.07, 6.45) is 1.04. The lowest BCUT2D eigenvalue weighted by molar-refractivity contribution is -0.114. The van der Waals surface area contributed by atoms with E-state index in [1.54, 1.807) is 60.7 Å². The molecule has 0 aliphatic carbocycles. The van der Waals surface area contributed by atoms with E-state index in [9.17, 15) is 13.2 Å². The van der Waals surface area contributed by atoms with Gasteiger partial charge in [-0.3, -0.25) is 9.10 Å². The lowest BCUT2D eigenvalue weighted by Gasteiger charge is -2.22. The molecule has 0 aliphatic rings. The Hall–Kier alpha value is -2.75. The first-order chi connectivity index (χ1) is 15.2. The van der Waals surface area contributed by atoms with Gasteiger partial charge in [0, 0.05) is 9.50 Å². The van der Waals surface area contributed by atoms with E-state index < -0.39 is 22.5 Å². The van der Waals surface area contributed by atoms with Gasteiger partial charge in [0.25, 0.3) is 0 Å². The van der Waals surface area contributed by atoms with E-state index in [0.29, 0.717) is 32.4 Å². The van der Waals surface area contributed by atoms with Crippen LogP contribution in [0.25, 0.3) is 0 Å². The third-order valence-electron chi connectivity index (χ3n) is 4.29. The van der Waals surface area contributed by atoms with E-state index in [4.69, 9.17) is 21.1 Å². The predicted molar refractivity (Wildman–Crippen MR) is 129 cm³/mol. The van der Waals surface area contributed by atoms with Gasteiger partial charge in [0.1, 0.15) is 6.54 Å². The Morgan fingerprint density at radius 3 is 2.41 bits per heavy atom. The number of hydrogen-bond acceptors (Lipinski definition) is 5. The summed E-state index contributed by atoms with van der Waals surface area (Å²) in [5, 5.41) is 3.06. The normalized spacial score (nSPS) is 11.0. The maximum absolute atomic E-state index is 12.8. The number of hydrogen-bond donors (Lipinski definition) is 1. The third kappa shape index (κ3) is 6.15. The molecular formula is C22H20BrClN2O5S. The fourth-order valence-corrected chi connectivity index (χ4v) is 4.27. The number of methoxy groups -OCH3 is 1. The maximum atomic E-state index is 12.8. The van der Waals surface area contributed by atoms with Gasteiger partial charge in [0.05, 0.1) is 24.7 Å². The van der Waals surface area contributed by atoms with Gasteiger partial charge < -0.3 is 14.8 Å². The molecule has 0 radical (unpaired) electrons. The van der Waals surface area contributed by atoms with Crippen molar-refractivity contribution in [2.75, 3.05) is 29.5 Å². The Labute approximate surface area is 200 Å². The van der Waals surface area contributed by atoms with E-state index >= 15 is 0 Å². The molecule has 3 aromatic rings. The van der Waals surface area contributed by atoms with Gasteiger partial charge in [0.2, 0.25) is 15.9 Å². The molecule has 3 aromatic carbocycles. The maximum Gasteiger partial charge on any atom is 0.245 e. The molecule has 0 aliphatic heterocycles. The van der Waals surface area contributed by atoms with Gasteiger partial charge in [-0.1, -0.05) is 45.7 Å². The third-order valence-corrected chi connectivity index (χ3v) is 6.16. The molecule has 3 rings (SSSR count). The molecule has 0 bridgehead atoms. The zero-order valence-electron chi connectivity index (χ0n) is 17.2. The van der Waals surface area contributed by atoms with Gasteiger partial charge in [-0.2, -0.15) is 0 Å². The molecule has 0 fully saturated rings. The van der Waals surface area contributed by atoms with Crippen LogP contribution in [-0.2, 0) is 14.8 Å². The smallest absolute Gasteiger partial charge is 0.245 e. The van der Waals surface area contributed by atoms with Crippen LogP contribution in [0.1, 0.15) is 0 Å². The SMILES string of the molecule is COc1ccccc1Oc1ccc(Cl)cc1NC(=O)CN(c1cccc(Br)c1)S(C)(=O)=O. The quantitative estimate of drug-likeness (QED) is 0.419. The zero-order valence-corrected chi connectivity index (χ0v) is 20.4. The largest absolute Gasteiger partial charge is 0.493 e. The second-order valence-electron chi connectivity index (χ2n) is 6.69. The lowest BCUT2D eigenvalue weighted by atomic mass is 10.2. The Morgan fingerprint density at radius 2 is 1.75 bits per heavy atom. The summed E-state index contributed by atoms with van der Waals surface area (Å²) in [7, 11) is -2.20. The van der Waals surface area contributed by atoms with E-state index in [1.165, 1.54) is 13.2 Å². The summed E-state index contributed by atoms with van der Waals surface area (Å²) in [5.74, 6) is 0.709. The Kier molecular flexibility index (Phi) is 7.65. The molecule has 32 heavy (non-hydrogen) atoms. The summed E-state index contributed by atoms with van der Waals surface area (Å²) < 4.78 is 37.6. The van der Waals surface area contributed by atoms with Crippen molar-refractivity contribution in [1.82, 2.24) is 0 Å². The molecule has 1 amide bonds. The van der Waals surface area contributed by atoms with Crippen LogP contribution in [0.4, 0.5) is 11.4 Å². The Bertz CT molecular complexity index is 1240. The van der Waals surface area contributed by atoms with Crippen LogP contribution in [0.5, 0.6) is 17.2 Å². The highest BCUT2D eigenvalue weighted by Crippen LogP contribution is 2.36. The number of carbonyl (C=O) groups is 1. The molecule has 0 aromatic heterocycles. The van der Waals surface area contributed by atoms with Gasteiger partial charge in [-0.25, -0.2) is 8.42 Å². The van der Waals surface area contributed by atoms with Crippen LogP contribution in [0, 0.1) is 0 Å². The number of nitrogens with zero attached hydrogens (tertiary/aromatic N) is 1. The standard InChI is InChI=1S/C22H20BrClN2O5S/c1-30-20-8-3-4-9-21(20)31-19-11-10-16(24)13-18(19)25-22(27)14-26(32(2,28)29)17-7-5-6-15(23)12-17/h3-13H,14H2,1-2H3,(H,25,27). The number of sulfonamides is 1. The number of para-hydroxylation sites is 2. The molecule has 0 saturated carbocycles.